The summed E-state index contributed by atoms with van der Waals surface area (Å²) in [5.41, 5.74) is 3.42. The molecule has 168 valence electrons. The van der Waals surface area contributed by atoms with Gasteiger partial charge in [-0.2, -0.15) is 0 Å². The van der Waals surface area contributed by atoms with Crippen molar-refractivity contribution >= 4 is 23.6 Å². The van der Waals surface area contributed by atoms with Crippen LogP contribution in [0.2, 0.25) is 5.02 Å². The Morgan fingerprint density at radius 1 is 1.29 bits per heavy atom. The van der Waals surface area contributed by atoms with Gasteiger partial charge in [0.2, 0.25) is 0 Å². The van der Waals surface area contributed by atoms with E-state index in [0.29, 0.717) is 5.70 Å². The molecule has 0 spiro atoms. The van der Waals surface area contributed by atoms with Gasteiger partial charge in [0.25, 0.3) is 0 Å². The predicted octanol–water partition coefficient (Wildman–Crippen LogP) is 6.38. The quantitative estimate of drug-likeness (QED) is 0.512. The molecule has 0 radical (unpaired) electrons. The maximum absolute atomic E-state index is 13.0. The molecule has 2 amide bonds. The summed E-state index contributed by atoms with van der Waals surface area (Å²) in [5.74, 6) is -0.903. The second-order valence-corrected chi connectivity index (χ2v) is 10.3. The number of aliphatic carboxylic acids is 1. The number of amides is 2. The van der Waals surface area contributed by atoms with E-state index in [1.165, 1.54) is 4.90 Å². The molecule has 2 aliphatic rings. The van der Waals surface area contributed by atoms with E-state index in [4.69, 9.17) is 16.7 Å². The molecule has 5 nitrogen and oxygen atoms in total. The van der Waals surface area contributed by atoms with Crippen molar-refractivity contribution in [2.45, 2.75) is 77.7 Å². The molecule has 6 heteroatoms. The second kappa shape index (κ2) is 9.07. The Kier molecular flexibility index (Phi) is 6.85. The number of aryl methyl sites for hydroxylation is 1. The number of hydrogen-bond acceptors (Lipinski definition) is 2. The molecule has 0 unspecified atom stereocenters. The van der Waals surface area contributed by atoms with Gasteiger partial charge in [0.05, 0.1) is 12.0 Å². The first kappa shape index (κ1) is 23.4. The van der Waals surface area contributed by atoms with Gasteiger partial charge in [0, 0.05) is 16.9 Å². The maximum Gasteiger partial charge on any atom is 0.326 e. The molecule has 0 aromatic heterocycles. The lowest BCUT2D eigenvalue weighted by atomic mass is 9.72. The Bertz CT molecular complexity index is 916. The molecule has 1 atom stereocenters. The first-order valence-electron chi connectivity index (χ1n) is 11.0. The van der Waals surface area contributed by atoms with Crippen LogP contribution in [0.15, 0.2) is 42.2 Å². The number of carboxylic acid groups (broad SMARTS) is 1. The molecule has 1 saturated carbocycles. The summed E-state index contributed by atoms with van der Waals surface area (Å²) in [5, 5.41) is 12.9. The van der Waals surface area contributed by atoms with Crippen LogP contribution < -0.4 is 5.32 Å². The topological polar surface area (TPSA) is 69.6 Å². The van der Waals surface area contributed by atoms with Crippen molar-refractivity contribution in [1.82, 2.24) is 10.2 Å². The van der Waals surface area contributed by atoms with E-state index in [9.17, 15) is 9.59 Å². The van der Waals surface area contributed by atoms with E-state index in [0.717, 1.165) is 60.2 Å². The molecule has 1 aromatic rings. The largest absolute Gasteiger partial charge is 0.481 e. The standard InChI is InChI=1S/C25H33ClN2O3/c1-17(8-11-22(29)30)28-16-20-7-5-6-13-25(20,27-23(28)31)19-10-9-18(21(26)15-19)12-14-24(2,3)4/h9-10,15-16H,1,5-8,11-14H2,2-4H3,(H,27,31)(H,29,30)/t25-/m0/s1. The Morgan fingerprint density at radius 2 is 2.03 bits per heavy atom. The summed E-state index contributed by atoms with van der Waals surface area (Å²) in [6.45, 7) is 10.6. The number of carbonyl (C=O) groups is 2. The van der Waals surface area contributed by atoms with E-state index in [-0.39, 0.29) is 24.3 Å². The average molecular weight is 445 g/mol. The van der Waals surface area contributed by atoms with Gasteiger partial charge in [-0.25, -0.2) is 4.79 Å². The number of carbonyl (C=O) groups excluding carboxylic acids is 1. The summed E-state index contributed by atoms with van der Waals surface area (Å²) in [6, 6.07) is 5.93. The van der Waals surface area contributed by atoms with Crippen molar-refractivity contribution in [3.63, 3.8) is 0 Å². The van der Waals surface area contributed by atoms with Crippen LogP contribution in [0.4, 0.5) is 4.79 Å². The zero-order chi connectivity index (χ0) is 22.8. The summed E-state index contributed by atoms with van der Waals surface area (Å²) < 4.78 is 0. The monoisotopic (exact) mass is 444 g/mol. The normalized spacial score (nSPS) is 21.2. The zero-order valence-electron chi connectivity index (χ0n) is 18.8. The van der Waals surface area contributed by atoms with Crippen LogP contribution >= 0.6 is 11.6 Å². The van der Waals surface area contributed by atoms with Gasteiger partial charge in [-0.05, 0) is 66.7 Å². The number of fused-ring (bicyclic) bond motifs is 1. The molecule has 1 aliphatic heterocycles. The molecule has 2 N–H and O–H groups in total. The van der Waals surface area contributed by atoms with Gasteiger partial charge >= 0.3 is 12.0 Å². The van der Waals surface area contributed by atoms with E-state index < -0.39 is 11.5 Å². The minimum Gasteiger partial charge on any atom is -0.481 e. The third kappa shape index (κ3) is 5.32. The number of carboxylic acids is 1. The first-order valence-corrected chi connectivity index (χ1v) is 11.4. The minimum absolute atomic E-state index is 0.0530. The highest BCUT2D eigenvalue weighted by Gasteiger charge is 2.44. The fourth-order valence-corrected chi connectivity index (χ4v) is 4.66. The number of benzene rings is 1. The third-order valence-electron chi connectivity index (χ3n) is 6.28. The number of urea groups is 1. The number of rotatable bonds is 7. The van der Waals surface area contributed by atoms with E-state index in [1.54, 1.807) is 0 Å². The molecule has 31 heavy (non-hydrogen) atoms. The lowest BCUT2D eigenvalue weighted by molar-refractivity contribution is -0.137. The van der Waals surface area contributed by atoms with Crippen LogP contribution in [0.5, 0.6) is 0 Å². The molecular weight excluding hydrogens is 412 g/mol. The van der Waals surface area contributed by atoms with Gasteiger partial charge in [0.1, 0.15) is 0 Å². The molecule has 1 fully saturated rings. The van der Waals surface area contributed by atoms with Crippen LogP contribution in [-0.2, 0) is 16.8 Å². The van der Waals surface area contributed by atoms with Crippen LogP contribution in [0.3, 0.4) is 0 Å². The van der Waals surface area contributed by atoms with E-state index >= 15 is 0 Å². The van der Waals surface area contributed by atoms with Crippen LogP contribution in [0.25, 0.3) is 0 Å². The molecular formula is C25H33ClN2O3. The number of halogens is 1. The number of nitrogens with zero attached hydrogens (tertiary/aromatic N) is 1. The Labute approximate surface area is 190 Å². The summed E-state index contributed by atoms with van der Waals surface area (Å²) in [4.78, 5) is 25.4. The fraction of sp³-hybridized carbons (Fsp3) is 0.520. The number of allylic oxidation sites excluding steroid dienone is 1. The van der Waals surface area contributed by atoms with Crippen molar-refractivity contribution in [2.75, 3.05) is 0 Å². The number of nitrogens with one attached hydrogen (secondary N) is 1. The van der Waals surface area contributed by atoms with Gasteiger partial charge in [-0.15, -0.1) is 0 Å². The Hall–Kier alpha value is -2.27. The first-order chi connectivity index (χ1) is 14.5. The van der Waals surface area contributed by atoms with Crippen molar-refractivity contribution in [3.8, 4) is 0 Å². The van der Waals surface area contributed by atoms with E-state index in [1.807, 2.05) is 12.3 Å². The highest BCUT2D eigenvalue weighted by Crippen LogP contribution is 2.45. The highest BCUT2D eigenvalue weighted by molar-refractivity contribution is 6.31. The van der Waals surface area contributed by atoms with Crippen molar-refractivity contribution in [2.24, 2.45) is 5.41 Å². The lowest BCUT2D eigenvalue weighted by Crippen LogP contribution is -2.56. The molecule has 0 saturated heterocycles. The SMILES string of the molecule is C=C(CCC(=O)O)N1C=C2CCCC[C@@]2(c2ccc(CCC(C)(C)C)c(Cl)c2)NC1=O. The molecule has 3 rings (SSSR count). The smallest absolute Gasteiger partial charge is 0.326 e. The van der Waals surface area contributed by atoms with Crippen LogP contribution in [-0.4, -0.2) is 22.0 Å². The maximum atomic E-state index is 13.0. The van der Waals surface area contributed by atoms with E-state index in [2.05, 4.69) is 44.8 Å². The van der Waals surface area contributed by atoms with Crippen molar-refractivity contribution < 1.29 is 14.7 Å². The Morgan fingerprint density at radius 3 is 2.68 bits per heavy atom. The van der Waals surface area contributed by atoms with Crippen molar-refractivity contribution in [1.29, 1.82) is 0 Å². The van der Waals surface area contributed by atoms with Crippen LogP contribution in [0.1, 0.15) is 76.8 Å². The van der Waals surface area contributed by atoms with Gasteiger partial charge in [-0.3, -0.25) is 9.69 Å². The molecule has 0 bridgehead atoms. The minimum atomic E-state index is -0.903. The van der Waals surface area contributed by atoms with Gasteiger partial charge < -0.3 is 10.4 Å². The highest BCUT2D eigenvalue weighted by atomic mass is 35.5. The Balaban J connectivity index is 1.89. The molecule has 1 aliphatic carbocycles. The second-order valence-electron chi connectivity index (χ2n) is 9.89. The number of hydrogen-bond donors (Lipinski definition) is 2. The summed E-state index contributed by atoms with van der Waals surface area (Å²) in [6.07, 6.45) is 7.76. The summed E-state index contributed by atoms with van der Waals surface area (Å²) >= 11 is 6.68. The van der Waals surface area contributed by atoms with Gasteiger partial charge in [-0.1, -0.05) is 57.5 Å². The lowest BCUT2D eigenvalue weighted by Gasteiger charge is -2.46. The van der Waals surface area contributed by atoms with Crippen LogP contribution in [0, 0.1) is 5.41 Å². The fourth-order valence-electron chi connectivity index (χ4n) is 4.39. The molecule has 1 heterocycles. The van der Waals surface area contributed by atoms with Crippen molar-refractivity contribution in [3.05, 3.63) is 58.4 Å². The predicted molar refractivity (Wildman–Crippen MR) is 124 cm³/mol. The average Bonchev–Trinajstić information content (AvgIpc) is 2.69. The zero-order valence-corrected chi connectivity index (χ0v) is 19.5. The summed E-state index contributed by atoms with van der Waals surface area (Å²) in [7, 11) is 0. The third-order valence-corrected chi connectivity index (χ3v) is 6.63. The van der Waals surface area contributed by atoms with Gasteiger partial charge in [0.15, 0.2) is 0 Å². The molecule has 1 aromatic carbocycles.